The van der Waals surface area contributed by atoms with E-state index < -0.39 is 0 Å². The molecule has 1 heterocycles. The van der Waals surface area contributed by atoms with E-state index in [9.17, 15) is 0 Å². The van der Waals surface area contributed by atoms with Gasteiger partial charge < -0.3 is 5.32 Å². The van der Waals surface area contributed by atoms with Crippen molar-refractivity contribution in [1.82, 2.24) is 20.3 Å². The number of nitrogens with zero attached hydrogens (tertiary/aromatic N) is 3. The molecule has 0 aliphatic heterocycles. The average molecular weight is 411 g/mol. The molecule has 0 saturated heterocycles. The number of nitrogens with one attached hydrogen (secondary N) is 1. The third kappa shape index (κ3) is 6.69. The van der Waals surface area contributed by atoms with Crippen LogP contribution in [-0.2, 0) is 13.1 Å². The Labute approximate surface area is 179 Å². The van der Waals surface area contributed by atoms with Crippen molar-refractivity contribution in [3.8, 4) is 11.3 Å². The predicted molar refractivity (Wildman–Crippen MR) is 121 cm³/mol. The molecular weight excluding hydrogens is 380 g/mol. The van der Waals surface area contributed by atoms with Crippen LogP contribution in [0.5, 0.6) is 0 Å². The second-order valence-electron chi connectivity index (χ2n) is 7.43. The maximum atomic E-state index is 6.32. The Bertz CT molecular complexity index is 860. The summed E-state index contributed by atoms with van der Waals surface area (Å²) in [4.78, 5) is 1.76. The van der Waals surface area contributed by atoms with Crippen molar-refractivity contribution in [3.63, 3.8) is 0 Å². The molecule has 0 atom stereocenters. The molecule has 0 radical (unpaired) electrons. The van der Waals surface area contributed by atoms with E-state index in [2.05, 4.69) is 24.4 Å². The number of rotatable bonds is 12. The molecular formula is C24H31ClN4. The van der Waals surface area contributed by atoms with Crippen LogP contribution < -0.4 is 5.32 Å². The van der Waals surface area contributed by atoms with E-state index in [0.717, 1.165) is 40.6 Å². The van der Waals surface area contributed by atoms with Gasteiger partial charge >= 0.3 is 0 Å². The summed E-state index contributed by atoms with van der Waals surface area (Å²) in [6, 6.07) is 18.1. The highest BCUT2D eigenvalue weighted by molar-refractivity contribution is 6.31. The summed E-state index contributed by atoms with van der Waals surface area (Å²) in [6.45, 7) is 4.56. The number of aromatic nitrogens is 3. The zero-order chi connectivity index (χ0) is 20.3. The van der Waals surface area contributed by atoms with Crippen molar-refractivity contribution in [3.05, 3.63) is 70.9 Å². The van der Waals surface area contributed by atoms with Gasteiger partial charge in [0.25, 0.3) is 0 Å². The van der Waals surface area contributed by atoms with Gasteiger partial charge in [-0.15, -0.1) is 0 Å². The molecule has 0 spiro atoms. The standard InChI is InChI=1S/C24H31ClN4/c1-2-3-4-5-6-12-17-26-18-23-24(20-13-8-7-9-14-20)28-29(27-23)19-21-15-10-11-16-22(21)25/h7-11,13-16,26H,2-6,12,17-19H2,1H3. The maximum Gasteiger partial charge on any atom is 0.117 e. The largest absolute Gasteiger partial charge is 0.311 e. The Kier molecular flexibility index (Phi) is 8.72. The maximum absolute atomic E-state index is 6.32. The Morgan fingerprint density at radius 3 is 2.38 bits per heavy atom. The van der Waals surface area contributed by atoms with Crippen molar-refractivity contribution >= 4 is 11.6 Å². The van der Waals surface area contributed by atoms with Gasteiger partial charge in [0.2, 0.25) is 0 Å². The molecule has 3 rings (SSSR count). The van der Waals surface area contributed by atoms with Crippen molar-refractivity contribution in [2.45, 2.75) is 58.5 Å². The predicted octanol–water partition coefficient (Wildman–Crippen LogP) is 6.10. The van der Waals surface area contributed by atoms with E-state index >= 15 is 0 Å². The first-order valence-electron chi connectivity index (χ1n) is 10.7. The normalized spacial score (nSPS) is 11.1. The minimum absolute atomic E-state index is 0.566. The zero-order valence-corrected chi connectivity index (χ0v) is 18.0. The molecule has 1 aromatic heterocycles. The van der Waals surface area contributed by atoms with Gasteiger partial charge in [-0.1, -0.05) is 99.2 Å². The third-order valence-electron chi connectivity index (χ3n) is 5.04. The molecule has 1 N–H and O–H groups in total. The fourth-order valence-electron chi connectivity index (χ4n) is 3.41. The van der Waals surface area contributed by atoms with Crippen LogP contribution in [0.15, 0.2) is 54.6 Å². The topological polar surface area (TPSA) is 42.7 Å². The van der Waals surface area contributed by atoms with Crippen LogP contribution in [0, 0.1) is 0 Å². The van der Waals surface area contributed by atoms with Crippen molar-refractivity contribution < 1.29 is 0 Å². The summed E-state index contributed by atoms with van der Waals surface area (Å²) < 4.78 is 0. The van der Waals surface area contributed by atoms with Crippen LogP contribution in [0.25, 0.3) is 11.3 Å². The quantitative estimate of drug-likeness (QED) is 0.367. The third-order valence-corrected chi connectivity index (χ3v) is 5.41. The molecule has 0 saturated carbocycles. The van der Waals surface area contributed by atoms with Gasteiger partial charge in [-0.3, -0.25) is 0 Å². The van der Waals surface area contributed by atoms with E-state index in [4.69, 9.17) is 21.8 Å². The van der Waals surface area contributed by atoms with Crippen LogP contribution in [0.4, 0.5) is 0 Å². The highest BCUT2D eigenvalue weighted by atomic mass is 35.5. The second-order valence-corrected chi connectivity index (χ2v) is 7.83. The lowest BCUT2D eigenvalue weighted by atomic mass is 10.1. The summed E-state index contributed by atoms with van der Waals surface area (Å²) in [5, 5.41) is 13.8. The molecule has 3 aromatic rings. The monoisotopic (exact) mass is 410 g/mol. The summed E-state index contributed by atoms with van der Waals surface area (Å²) in [5.74, 6) is 0. The highest BCUT2D eigenvalue weighted by Crippen LogP contribution is 2.21. The molecule has 4 nitrogen and oxygen atoms in total. The Hall–Kier alpha value is -2.17. The van der Waals surface area contributed by atoms with Gasteiger partial charge in [-0.25, -0.2) is 0 Å². The van der Waals surface area contributed by atoms with Crippen LogP contribution in [0.2, 0.25) is 5.02 Å². The SMILES string of the molecule is CCCCCCCCNCc1nn(Cc2ccccc2Cl)nc1-c1ccccc1. The molecule has 0 amide bonds. The van der Waals surface area contributed by atoms with E-state index in [1.165, 1.54) is 38.5 Å². The van der Waals surface area contributed by atoms with Gasteiger partial charge in [0.1, 0.15) is 11.4 Å². The smallest absolute Gasteiger partial charge is 0.117 e. The first-order chi connectivity index (χ1) is 14.3. The number of hydrogen-bond donors (Lipinski definition) is 1. The summed E-state index contributed by atoms with van der Waals surface area (Å²) in [5.41, 5.74) is 4.03. The average Bonchev–Trinajstić information content (AvgIpc) is 3.15. The van der Waals surface area contributed by atoms with Gasteiger partial charge in [-0.05, 0) is 24.6 Å². The van der Waals surface area contributed by atoms with Gasteiger partial charge in [-0.2, -0.15) is 15.0 Å². The van der Waals surface area contributed by atoms with E-state index in [-0.39, 0.29) is 0 Å². The van der Waals surface area contributed by atoms with Crippen LogP contribution in [0.3, 0.4) is 0 Å². The van der Waals surface area contributed by atoms with Gasteiger partial charge in [0, 0.05) is 17.1 Å². The molecule has 5 heteroatoms. The van der Waals surface area contributed by atoms with Crippen molar-refractivity contribution in [2.24, 2.45) is 0 Å². The molecule has 154 valence electrons. The Morgan fingerprint density at radius 1 is 0.862 bits per heavy atom. The Morgan fingerprint density at radius 2 is 1.59 bits per heavy atom. The van der Waals surface area contributed by atoms with Crippen LogP contribution in [0.1, 0.15) is 56.7 Å². The van der Waals surface area contributed by atoms with E-state index in [0.29, 0.717) is 6.54 Å². The van der Waals surface area contributed by atoms with Crippen molar-refractivity contribution in [1.29, 1.82) is 0 Å². The first-order valence-corrected chi connectivity index (χ1v) is 11.1. The molecule has 0 aliphatic rings. The summed E-state index contributed by atoms with van der Waals surface area (Å²) in [7, 11) is 0. The second kappa shape index (κ2) is 11.7. The van der Waals surface area contributed by atoms with Gasteiger partial charge in [0.05, 0.1) is 6.54 Å². The molecule has 0 bridgehead atoms. The minimum atomic E-state index is 0.566. The zero-order valence-electron chi connectivity index (χ0n) is 17.3. The fraction of sp³-hybridized carbons (Fsp3) is 0.417. The first kappa shape index (κ1) is 21.5. The molecule has 2 aromatic carbocycles. The molecule has 29 heavy (non-hydrogen) atoms. The fourth-order valence-corrected chi connectivity index (χ4v) is 3.60. The van der Waals surface area contributed by atoms with E-state index in [1.54, 1.807) is 4.80 Å². The van der Waals surface area contributed by atoms with Crippen molar-refractivity contribution in [2.75, 3.05) is 6.54 Å². The Balaban J connectivity index is 1.63. The van der Waals surface area contributed by atoms with Crippen LogP contribution in [-0.4, -0.2) is 21.5 Å². The summed E-state index contributed by atoms with van der Waals surface area (Å²) >= 11 is 6.32. The lowest BCUT2D eigenvalue weighted by Crippen LogP contribution is -2.16. The van der Waals surface area contributed by atoms with Crippen LogP contribution >= 0.6 is 11.6 Å². The minimum Gasteiger partial charge on any atom is -0.311 e. The molecule has 0 unspecified atom stereocenters. The van der Waals surface area contributed by atoms with E-state index in [1.807, 2.05) is 42.5 Å². The summed E-state index contributed by atoms with van der Waals surface area (Å²) in [6.07, 6.45) is 7.83. The lowest BCUT2D eigenvalue weighted by molar-refractivity contribution is 0.556. The van der Waals surface area contributed by atoms with Gasteiger partial charge in [0.15, 0.2) is 0 Å². The number of benzene rings is 2. The lowest BCUT2D eigenvalue weighted by Gasteiger charge is -2.04. The number of halogens is 1. The molecule has 0 fully saturated rings. The highest BCUT2D eigenvalue weighted by Gasteiger charge is 2.13. The number of unbranched alkanes of at least 4 members (excludes halogenated alkanes) is 5. The molecule has 0 aliphatic carbocycles. The number of hydrogen-bond acceptors (Lipinski definition) is 3.